The fourth-order valence-corrected chi connectivity index (χ4v) is 2.25. The molecule has 1 rings (SSSR count). The molecule has 0 fully saturated rings. The van der Waals surface area contributed by atoms with Crippen LogP contribution in [0.2, 0.25) is 0 Å². The number of rotatable bonds is 9. The number of carboxylic acids is 1. The van der Waals surface area contributed by atoms with E-state index in [9.17, 15) is 24.6 Å². The molecule has 154 valence electrons. The number of nitrogens with two attached hydrogens (primary N) is 2. The Morgan fingerprint density at radius 1 is 1.25 bits per heavy atom. The highest BCUT2D eigenvalue weighted by molar-refractivity contribution is 6.06. The van der Waals surface area contributed by atoms with Crippen molar-refractivity contribution in [3.63, 3.8) is 0 Å². The minimum Gasteiger partial charge on any atom is -0.504 e. The largest absolute Gasteiger partial charge is 0.504 e. The fraction of sp³-hybridized carbons (Fsp3) is 0.375. The van der Waals surface area contributed by atoms with Crippen LogP contribution in [0.25, 0.3) is 0 Å². The number of amides is 2. The molecular formula is C16H23N5O7. The summed E-state index contributed by atoms with van der Waals surface area (Å²) >= 11 is 0. The smallest absolute Gasteiger partial charge is 0.328 e. The van der Waals surface area contributed by atoms with Crippen LogP contribution in [-0.4, -0.2) is 74.3 Å². The van der Waals surface area contributed by atoms with Crippen LogP contribution in [0.5, 0.6) is 11.5 Å². The number of aromatic hydroxyl groups is 2. The van der Waals surface area contributed by atoms with E-state index in [1.165, 1.54) is 18.2 Å². The molecule has 0 aliphatic heterocycles. The Morgan fingerprint density at radius 3 is 2.43 bits per heavy atom. The standard InChI is InChI=1S/C16H23N5O7/c17-9(13(25)20-10(7-22)15(27)28)4-2-6-21(16(18)19)14(26)8-3-1-5-11(23)12(8)24/h1,3,5,9-10,22-24H,2,4,6-7,17H2,(H3,18,19)(H,20,25)(H,27,28)/t9-,10-/m0/s1. The molecular weight excluding hydrogens is 374 g/mol. The van der Waals surface area contributed by atoms with Gasteiger partial charge in [0.1, 0.15) is 6.04 Å². The minimum absolute atomic E-state index is 0.0205. The summed E-state index contributed by atoms with van der Waals surface area (Å²) in [4.78, 5) is 35.9. The molecule has 0 aliphatic rings. The van der Waals surface area contributed by atoms with Gasteiger partial charge in [0.25, 0.3) is 5.91 Å². The molecule has 0 radical (unpaired) electrons. The maximum absolute atomic E-state index is 12.5. The summed E-state index contributed by atoms with van der Waals surface area (Å²) in [6, 6.07) is 1.15. The van der Waals surface area contributed by atoms with Gasteiger partial charge >= 0.3 is 5.97 Å². The highest BCUT2D eigenvalue weighted by Crippen LogP contribution is 2.29. The van der Waals surface area contributed by atoms with Crippen molar-refractivity contribution >= 4 is 23.7 Å². The molecule has 1 aromatic carbocycles. The van der Waals surface area contributed by atoms with E-state index in [1.807, 2.05) is 0 Å². The molecule has 0 saturated heterocycles. The third-order valence-electron chi connectivity index (χ3n) is 3.81. The van der Waals surface area contributed by atoms with Gasteiger partial charge in [0.2, 0.25) is 5.91 Å². The van der Waals surface area contributed by atoms with Crippen LogP contribution < -0.4 is 16.8 Å². The number of aliphatic hydroxyl groups is 1. The van der Waals surface area contributed by atoms with Crippen molar-refractivity contribution in [2.45, 2.75) is 24.9 Å². The molecule has 10 N–H and O–H groups in total. The van der Waals surface area contributed by atoms with E-state index in [0.29, 0.717) is 0 Å². The van der Waals surface area contributed by atoms with Crippen LogP contribution in [0, 0.1) is 5.41 Å². The van der Waals surface area contributed by atoms with E-state index >= 15 is 0 Å². The Balaban J connectivity index is 2.70. The Hall–Kier alpha value is -3.38. The topological polar surface area (TPSA) is 223 Å². The van der Waals surface area contributed by atoms with E-state index in [0.717, 1.165) is 4.90 Å². The molecule has 0 aliphatic carbocycles. The first-order chi connectivity index (χ1) is 13.1. The lowest BCUT2D eigenvalue weighted by molar-refractivity contribution is -0.143. The molecule has 12 nitrogen and oxygen atoms in total. The summed E-state index contributed by atoms with van der Waals surface area (Å²) in [6.07, 6.45) is 0.142. The first-order valence-corrected chi connectivity index (χ1v) is 8.16. The predicted octanol–water partition coefficient (Wildman–Crippen LogP) is -1.90. The van der Waals surface area contributed by atoms with Gasteiger partial charge in [0.15, 0.2) is 17.5 Å². The van der Waals surface area contributed by atoms with Gasteiger partial charge in [0.05, 0.1) is 18.2 Å². The number of guanidine groups is 1. The van der Waals surface area contributed by atoms with Crippen molar-refractivity contribution in [2.75, 3.05) is 13.2 Å². The number of nitrogens with zero attached hydrogens (tertiary/aromatic N) is 1. The number of hydrogen-bond donors (Lipinski definition) is 8. The molecule has 2 atom stereocenters. The molecule has 0 saturated carbocycles. The average molecular weight is 397 g/mol. The van der Waals surface area contributed by atoms with Gasteiger partial charge in [0, 0.05) is 6.54 Å². The number of carbonyl (C=O) groups excluding carboxylic acids is 2. The number of aliphatic carboxylic acids is 1. The number of aliphatic hydroxyl groups excluding tert-OH is 1. The van der Waals surface area contributed by atoms with Gasteiger partial charge in [-0.3, -0.25) is 19.9 Å². The van der Waals surface area contributed by atoms with Crippen LogP contribution in [0.15, 0.2) is 18.2 Å². The summed E-state index contributed by atoms with van der Waals surface area (Å²) < 4.78 is 0. The normalized spacial score (nSPS) is 12.6. The van der Waals surface area contributed by atoms with Crippen molar-refractivity contribution < 1.29 is 34.8 Å². The monoisotopic (exact) mass is 397 g/mol. The van der Waals surface area contributed by atoms with E-state index < -0.39 is 53.9 Å². The summed E-state index contributed by atoms with van der Waals surface area (Å²) in [6.45, 7) is -0.916. The van der Waals surface area contributed by atoms with Gasteiger partial charge in [-0.2, -0.15) is 0 Å². The van der Waals surface area contributed by atoms with E-state index in [4.69, 9.17) is 27.1 Å². The van der Waals surface area contributed by atoms with Crippen molar-refractivity contribution in [1.82, 2.24) is 10.2 Å². The number of benzene rings is 1. The lowest BCUT2D eigenvalue weighted by Crippen LogP contribution is -2.50. The van der Waals surface area contributed by atoms with Crippen LogP contribution in [0.4, 0.5) is 0 Å². The summed E-state index contributed by atoms with van der Waals surface area (Å²) in [5, 5.41) is 46.5. The number of carboxylic acid groups (broad SMARTS) is 1. The zero-order valence-electron chi connectivity index (χ0n) is 14.8. The molecule has 0 aromatic heterocycles. The third kappa shape index (κ3) is 5.82. The molecule has 1 aromatic rings. The second kappa shape index (κ2) is 10.1. The minimum atomic E-state index is -1.48. The number of carbonyl (C=O) groups is 3. The van der Waals surface area contributed by atoms with Gasteiger partial charge < -0.3 is 37.2 Å². The summed E-state index contributed by atoms with van der Waals surface area (Å²) in [5.74, 6) is -4.82. The zero-order chi connectivity index (χ0) is 21.4. The Bertz CT molecular complexity index is 755. The highest BCUT2D eigenvalue weighted by Gasteiger charge is 2.25. The molecule has 0 heterocycles. The highest BCUT2D eigenvalue weighted by atomic mass is 16.4. The molecule has 0 spiro atoms. The van der Waals surface area contributed by atoms with E-state index in [1.54, 1.807) is 0 Å². The maximum atomic E-state index is 12.5. The number of para-hydroxylation sites is 1. The zero-order valence-corrected chi connectivity index (χ0v) is 14.8. The number of hydrogen-bond acceptors (Lipinski definition) is 8. The first kappa shape index (κ1) is 22.7. The van der Waals surface area contributed by atoms with Gasteiger partial charge in [-0.15, -0.1) is 0 Å². The SMILES string of the molecule is N=C(N)N(CCC[C@H](N)C(=O)N[C@@H](CO)C(=O)O)C(=O)c1cccc(O)c1O. The lowest BCUT2D eigenvalue weighted by atomic mass is 10.1. The van der Waals surface area contributed by atoms with Crippen molar-refractivity contribution in [3.8, 4) is 11.5 Å². The van der Waals surface area contributed by atoms with Crippen molar-refractivity contribution in [2.24, 2.45) is 11.5 Å². The van der Waals surface area contributed by atoms with Crippen LogP contribution >= 0.6 is 0 Å². The molecule has 28 heavy (non-hydrogen) atoms. The van der Waals surface area contributed by atoms with Crippen molar-refractivity contribution in [3.05, 3.63) is 23.8 Å². The summed E-state index contributed by atoms with van der Waals surface area (Å²) in [5.41, 5.74) is 10.8. The maximum Gasteiger partial charge on any atom is 0.328 e. The molecule has 12 heteroatoms. The van der Waals surface area contributed by atoms with E-state index in [-0.39, 0.29) is 24.9 Å². The molecule has 0 unspecified atom stereocenters. The van der Waals surface area contributed by atoms with Gasteiger partial charge in [-0.1, -0.05) is 6.07 Å². The second-order valence-corrected chi connectivity index (χ2v) is 5.85. The lowest BCUT2D eigenvalue weighted by Gasteiger charge is -2.22. The van der Waals surface area contributed by atoms with Crippen LogP contribution in [-0.2, 0) is 9.59 Å². The summed E-state index contributed by atoms with van der Waals surface area (Å²) in [7, 11) is 0. The fourth-order valence-electron chi connectivity index (χ4n) is 2.25. The third-order valence-corrected chi connectivity index (χ3v) is 3.81. The van der Waals surface area contributed by atoms with Crippen molar-refractivity contribution in [1.29, 1.82) is 5.41 Å². The van der Waals surface area contributed by atoms with Crippen LogP contribution in [0.3, 0.4) is 0 Å². The van der Waals surface area contributed by atoms with Gasteiger partial charge in [-0.05, 0) is 25.0 Å². The van der Waals surface area contributed by atoms with E-state index in [2.05, 4.69) is 5.32 Å². The number of nitrogens with one attached hydrogen (secondary N) is 2. The second-order valence-electron chi connectivity index (χ2n) is 5.85. The average Bonchev–Trinajstić information content (AvgIpc) is 2.63. The van der Waals surface area contributed by atoms with Crippen LogP contribution in [0.1, 0.15) is 23.2 Å². The molecule has 0 bridgehead atoms. The number of phenolic OH excluding ortho intramolecular Hbond substituents is 2. The predicted molar refractivity (Wildman–Crippen MR) is 96.6 cm³/mol. The Kier molecular flexibility index (Phi) is 8.16. The quantitative estimate of drug-likeness (QED) is 0.132. The van der Waals surface area contributed by atoms with Gasteiger partial charge in [-0.25, -0.2) is 4.79 Å². The molecule has 2 amide bonds. The first-order valence-electron chi connectivity index (χ1n) is 8.16. The Morgan fingerprint density at radius 2 is 1.89 bits per heavy atom. The Labute approximate surface area is 159 Å². The number of phenols is 2.